The summed E-state index contributed by atoms with van der Waals surface area (Å²) in [6, 6.07) is 0.129. The topological polar surface area (TPSA) is 99.5 Å². The molecule has 0 aromatic heterocycles. The van der Waals surface area contributed by atoms with E-state index in [4.69, 9.17) is 5.26 Å². The van der Waals surface area contributed by atoms with Gasteiger partial charge in [-0.3, -0.25) is 14.4 Å². The van der Waals surface area contributed by atoms with Crippen LogP contribution in [0.15, 0.2) is 0 Å². The van der Waals surface area contributed by atoms with Crippen LogP contribution < -0.4 is 5.32 Å². The summed E-state index contributed by atoms with van der Waals surface area (Å²) in [6.07, 6.45) is 1.38. The summed E-state index contributed by atoms with van der Waals surface area (Å²) < 4.78 is 4.47. The number of hydrogen-bond acceptors (Lipinski definition) is 5. The van der Waals surface area contributed by atoms with Crippen LogP contribution in [0.1, 0.15) is 12.8 Å². The number of methoxy groups -OCH3 is 1. The summed E-state index contributed by atoms with van der Waals surface area (Å²) in [5.74, 6) is -2.79. The number of carbonyl (C=O) groups is 3. The van der Waals surface area contributed by atoms with E-state index in [1.54, 1.807) is 6.07 Å². The molecule has 2 amide bonds. The number of nitriles is 1. The third kappa shape index (κ3) is 1.79. The second kappa shape index (κ2) is 4.64. The van der Waals surface area contributed by atoms with E-state index in [1.165, 1.54) is 4.90 Å². The molecular formula is C11H13N3O4. The lowest BCUT2D eigenvalue weighted by Gasteiger charge is -2.35. The maximum Gasteiger partial charge on any atom is 0.325 e. The number of esters is 1. The van der Waals surface area contributed by atoms with Gasteiger partial charge in [0.2, 0.25) is 11.8 Å². The van der Waals surface area contributed by atoms with Gasteiger partial charge in [-0.15, -0.1) is 0 Å². The van der Waals surface area contributed by atoms with Crippen LogP contribution in [0, 0.1) is 17.2 Å². The fourth-order valence-electron chi connectivity index (χ4n) is 2.41. The van der Waals surface area contributed by atoms with Gasteiger partial charge >= 0.3 is 5.97 Å². The summed E-state index contributed by atoms with van der Waals surface area (Å²) >= 11 is 0. The molecule has 18 heavy (non-hydrogen) atoms. The molecule has 2 rings (SSSR count). The first kappa shape index (κ1) is 12.4. The van der Waals surface area contributed by atoms with Crippen LogP contribution in [0.25, 0.3) is 0 Å². The standard InChI is InChI=1S/C11H13N3O4/c1-18-11(17)6(5-12)8-10(16)14-4-2-3-7(14)9(15)13-8/h6-8H,2-4H2,1H3,(H,13,15)/t6?,7-,8+/m0/s1. The van der Waals surface area contributed by atoms with Crippen LogP contribution in [0.2, 0.25) is 0 Å². The fraction of sp³-hybridized carbons (Fsp3) is 0.636. The van der Waals surface area contributed by atoms with Crippen molar-refractivity contribution in [2.75, 3.05) is 13.7 Å². The highest BCUT2D eigenvalue weighted by Crippen LogP contribution is 2.24. The number of piperazine rings is 1. The van der Waals surface area contributed by atoms with Gasteiger partial charge in [0, 0.05) is 6.54 Å². The second-order valence-electron chi connectivity index (χ2n) is 4.31. The molecule has 3 atom stereocenters. The van der Waals surface area contributed by atoms with E-state index < -0.39 is 24.0 Å². The molecule has 2 heterocycles. The number of ether oxygens (including phenoxy) is 1. The van der Waals surface area contributed by atoms with Crippen molar-refractivity contribution in [3.05, 3.63) is 0 Å². The average molecular weight is 251 g/mol. The zero-order valence-electron chi connectivity index (χ0n) is 9.88. The van der Waals surface area contributed by atoms with Crippen LogP contribution in [-0.2, 0) is 19.1 Å². The Morgan fingerprint density at radius 2 is 2.33 bits per heavy atom. The molecule has 1 unspecified atom stereocenters. The van der Waals surface area contributed by atoms with E-state index in [9.17, 15) is 14.4 Å². The first-order valence-electron chi connectivity index (χ1n) is 5.68. The highest BCUT2D eigenvalue weighted by Gasteiger charge is 2.47. The zero-order chi connectivity index (χ0) is 13.3. The number of carbonyl (C=O) groups excluding carboxylic acids is 3. The van der Waals surface area contributed by atoms with Gasteiger partial charge in [-0.05, 0) is 12.8 Å². The van der Waals surface area contributed by atoms with Crippen LogP contribution in [-0.4, -0.2) is 48.4 Å². The van der Waals surface area contributed by atoms with E-state index in [0.29, 0.717) is 13.0 Å². The molecule has 0 aromatic rings. The summed E-state index contributed by atoms with van der Waals surface area (Å²) in [4.78, 5) is 36.8. The summed E-state index contributed by atoms with van der Waals surface area (Å²) in [6.45, 7) is 0.493. The predicted molar refractivity (Wildman–Crippen MR) is 57.8 cm³/mol. The molecule has 2 aliphatic rings. The molecule has 0 radical (unpaired) electrons. The van der Waals surface area contributed by atoms with Crippen molar-refractivity contribution in [1.82, 2.24) is 10.2 Å². The minimum atomic E-state index is -1.30. The van der Waals surface area contributed by atoms with Crippen molar-refractivity contribution in [2.24, 2.45) is 5.92 Å². The Morgan fingerprint density at radius 1 is 1.61 bits per heavy atom. The first-order valence-corrected chi connectivity index (χ1v) is 5.68. The molecule has 7 nitrogen and oxygen atoms in total. The van der Waals surface area contributed by atoms with Crippen molar-refractivity contribution in [1.29, 1.82) is 5.26 Å². The highest BCUT2D eigenvalue weighted by molar-refractivity contribution is 6.00. The normalized spacial score (nSPS) is 28.1. The monoisotopic (exact) mass is 251 g/mol. The van der Waals surface area contributed by atoms with Gasteiger partial charge in [0.1, 0.15) is 12.1 Å². The number of rotatable bonds is 2. The van der Waals surface area contributed by atoms with Gasteiger partial charge in [-0.2, -0.15) is 5.26 Å². The highest BCUT2D eigenvalue weighted by atomic mass is 16.5. The average Bonchev–Trinajstić information content (AvgIpc) is 2.85. The molecule has 0 aliphatic carbocycles. The Bertz CT molecular complexity index is 442. The minimum Gasteiger partial charge on any atom is -0.468 e. The van der Waals surface area contributed by atoms with Gasteiger partial charge in [-0.1, -0.05) is 0 Å². The fourth-order valence-corrected chi connectivity index (χ4v) is 2.41. The maximum atomic E-state index is 12.1. The largest absolute Gasteiger partial charge is 0.468 e. The summed E-state index contributed by atoms with van der Waals surface area (Å²) in [5, 5.41) is 11.4. The number of fused-ring (bicyclic) bond motifs is 1. The lowest BCUT2D eigenvalue weighted by Crippen LogP contribution is -2.64. The van der Waals surface area contributed by atoms with E-state index in [2.05, 4.69) is 10.1 Å². The van der Waals surface area contributed by atoms with E-state index >= 15 is 0 Å². The number of hydrogen-bond donors (Lipinski definition) is 1. The number of amides is 2. The summed E-state index contributed by atoms with van der Waals surface area (Å²) in [7, 11) is 1.14. The lowest BCUT2D eigenvalue weighted by molar-refractivity contribution is -0.154. The van der Waals surface area contributed by atoms with Crippen molar-refractivity contribution < 1.29 is 19.1 Å². The van der Waals surface area contributed by atoms with Crippen LogP contribution >= 0.6 is 0 Å². The van der Waals surface area contributed by atoms with Crippen molar-refractivity contribution in [3.63, 3.8) is 0 Å². The molecular weight excluding hydrogens is 238 g/mol. The quantitative estimate of drug-likeness (QED) is 0.621. The van der Waals surface area contributed by atoms with Gasteiger partial charge in [0.25, 0.3) is 0 Å². The van der Waals surface area contributed by atoms with Crippen molar-refractivity contribution in [2.45, 2.75) is 24.9 Å². The third-order valence-corrected chi connectivity index (χ3v) is 3.33. The molecule has 0 spiro atoms. The van der Waals surface area contributed by atoms with E-state index in [1.807, 2.05) is 0 Å². The van der Waals surface area contributed by atoms with Gasteiger partial charge in [0.15, 0.2) is 5.92 Å². The SMILES string of the molecule is COC(=O)C(C#N)[C@H]1NC(=O)[C@@H]2CCCN2C1=O. The predicted octanol–water partition coefficient (Wildman–Crippen LogP) is -1.21. The van der Waals surface area contributed by atoms with Gasteiger partial charge < -0.3 is 15.0 Å². The van der Waals surface area contributed by atoms with Crippen LogP contribution in [0.4, 0.5) is 0 Å². The molecule has 96 valence electrons. The Balaban J connectivity index is 2.24. The summed E-state index contributed by atoms with van der Waals surface area (Å²) in [5.41, 5.74) is 0. The smallest absolute Gasteiger partial charge is 0.325 e. The van der Waals surface area contributed by atoms with Crippen molar-refractivity contribution in [3.8, 4) is 6.07 Å². The maximum absolute atomic E-state index is 12.1. The molecule has 7 heteroatoms. The molecule has 0 saturated carbocycles. The molecule has 2 fully saturated rings. The van der Waals surface area contributed by atoms with E-state index in [0.717, 1.165) is 13.5 Å². The minimum absolute atomic E-state index is 0.304. The second-order valence-corrected chi connectivity index (χ2v) is 4.31. The van der Waals surface area contributed by atoms with E-state index in [-0.39, 0.29) is 11.8 Å². The van der Waals surface area contributed by atoms with Gasteiger partial charge in [-0.25, -0.2) is 0 Å². The molecule has 2 saturated heterocycles. The van der Waals surface area contributed by atoms with Gasteiger partial charge in [0.05, 0.1) is 13.2 Å². The van der Waals surface area contributed by atoms with Crippen molar-refractivity contribution >= 4 is 17.8 Å². The van der Waals surface area contributed by atoms with Crippen LogP contribution in [0.5, 0.6) is 0 Å². The van der Waals surface area contributed by atoms with Crippen LogP contribution in [0.3, 0.4) is 0 Å². The number of nitrogens with zero attached hydrogens (tertiary/aromatic N) is 2. The third-order valence-electron chi connectivity index (χ3n) is 3.33. The zero-order valence-corrected chi connectivity index (χ0v) is 9.88. The molecule has 2 aliphatic heterocycles. The Morgan fingerprint density at radius 3 is 2.94 bits per heavy atom. The number of nitrogens with one attached hydrogen (secondary N) is 1. The Hall–Kier alpha value is -2.10. The first-order chi connectivity index (χ1) is 8.60. The lowest BCUT2D eigenvalue weighted by atomic mass is 9.96. The Labute approximate surface area is 104 Å². The molecule has 1 N–H and O–H groups in total. The Kier molecular flexibility index (Phi) is 3.19. The molecule has 0 bridgehead atoms. The molecule has 0 aromatic carbocycles.